The van der Waals surface area contributed by atoms with Crippen molar-refractivity contribution < 1.29 is 283 Å². The molecule has 14 atom stereocenters. The number of rotatable bonds is 25. The minimum Gasteiger partial charge on any atom is -0.467 e. The summed E-state index contributed by atoms with van der Waals surface area (Å²) in [6.45, 7) is -2.26. The standard InChI is InChI=1S/C19H18O6.C17H4F10O6.C17H14O6.C9H8F6O6.C9H14O6.C8H9F3O6.C8H12O6/c20-18(22-11-14-7-3-1-4-8-14)16-17(25-13-24-16)19(21)23-12-15-9-5-2-6-10-15;18-2-4(20)8(24)12(9(25)5(2)21)32-16(28)14-15(31-1-30-14)17(29)33-13-10(26)6(22)3(19)7(23)11(13)27;18-16(22-12-7-3-1-4-8-12)14-15(21-11-20-14)17(19)23-13-9-5-2-6-10-13;10-8(11,12)1-18-6(16)4-5(21-3-20-4)7(17)19-2-9(13,14)15;1-4-5-14-6(8(10)12-2)7(15-5)9(11)13-3;1-14-5(12)3-4(6(13)15-2)17-7(16-3)8(9,10)11;1-4-13-5(7(9)11-2)6(14-4)8(10)12-3/h1-10,16-17H,11-13H2;14-15H,1H2;1-10,14-15H,11H2;4-5H,1-3H2;5-7H,4H2,1-3H3;3-4,7H,1-2H3;4-6H,1-3H3. The quantitative estimate of drug-likeness (QED) is 0.0132. The van der Waals surface area contributed by atoms with Gasteiger partial charge in [0.2, 0.25) is 69.7 Å². The van der Waals surface area contributed by atoms with Gasteiger partial charge in [0.15, 0.2) is 111 Å². The van der Waals surface area contributed by atoms with Crippen LogP contribution in [-0.2, 0) is 194 Å². The van der Waals surface area contributed by atoms with E-state index in [4.69, 9.17) is 56.8 Å². The Morgan fingerprint density at radius 3 is 0.723 bits per heavy atom. The third-order valence-electron chi connectivity index (χ3n) is 18.7. The molecule has 7 heterocycles. The van der Waals surface area contributed by atoms with Crippen LogP contribution in [0.2, 0.25) is 0 Å². The molecule has 0 spiro atoms. The highest BCUT2D eigenvalue weighted by molar-refractivity contribution is 5.91. The van der Waals surface area contributed by atoms with Crippen LogP contribution in [0.3, 0.4) is 0 Å². The van der Waals surface area contributed by atoms with Gasteiger partial charge in [-0.1, -0.05) is 104 Å². The van der Waals surface area contributed by atoms with Gasteiger partial charge in [-0.15, -0.1) is 0 Å². The first kappa shape index (κ1) is 121. The number of alkyl halides is 9. The molecule has 14 unspecified atom stereocenters. The molecule has 7 fully saturated rings. The number of benzene rings is 6. The number of methoxy groups -OCH3 is 6. The monoisotopic (exact) mass is 2160 g/mol. The number of para-hydroxylation sites is 2. The fraction of sp³-hybridized carbons (Fsp3) is 0.425. The van der Waals surface area contributed by atoms with Crippen LogP contribution in [0.5, 0.6) is 23.0 Å². The van der Waals surface area contributed by atoms with Crippen LogP contribution >= 0.6 is 0 Å². The first-order valence-corrected chi connectivity index (χ1v) is 41.2. The minimum atomic E-state index is -4.85. The molecule has 0 N–H and O–H groups in total. The van der Waals surface area contributed by atoms with Gasteiger partial charge in [0.05, 0.1) is 42.7 Å². The SMILES string of the molecule is CCC1OC(C(=O)OC)C(C(=O)OC)O1.COC(=O)C1OC(C(F)(F)F)OC1C(=O)OC.COC(=O)C1OC(C)OC1C(=O)OC.O=C(OCC(F)(F)F)C1OCOC1C(=O)OCC(F)(F)F.O=C(OCc1ccccc1)C1OCOC1C(=O)OCc1ccccc1.O=C(Oc1c(F)c(F)c(F)c(F)c1F)C1OCOC1C(=O)Oc1c(F)c(F)c(F)c(F)c1F.O=C(Oc1ccccc1)C1OCOC1C(=O)Oc1ccccc1. The van der Waals surface area contributed by atoms with E-state index in [0.29, 0.717) is 17.9 Å². The number of carbonyl (C=O) groups excluding carboxylic acids is 14. The fourth-order valence-electron chi connectivity index (χ4n) is 11.7. The highest BCUT2D eigenvalue weighted by atomic mass is 19.4. The molecular formula is C87H79F19O42. The molecule has 0 aliphatic carbocycles. The van der Waals surface area contributed by atoms with Gasteiger partial charge in [-0.3, -0.25) is 0 Å². The van der Waals surface area contributed by atoms with Crippen LogP contribution in [0.25, 0.3) is 0 Å². The molecule has 6 aromatic carbocycles. The number of ether oxygens (including phenoxy) is 28. The van der Waals surface area contributed by atoms with E-state index >= 15 is 0 Å². The van der Waals surface area contributed by atoms with Crippen molar-refractivity contribution in [3.8, 4) is 23.0 Å². The van der Waals surface area contributed by atoms with Crippen molar-refractivity contribution in [1.82, 2.24) is 0 Å². The molecule has 61 heteroatoms. The van der Waals surface area contributed by atoms with Crippen molar-refractivity contribution in [2.24, 2.45) is 0 Å². The molecular weight excluding hydrogens is 2080 g/mol. The molecule has 0 bridgehead atoms. The Morgan fingerprint density at radius 1 is 0.270 bits per heavy atom. The van der Waals surface area contributed by atoms with Crippen LogP contribution in [0.4, 0.5) is 83.4 Å². The van der Waals surface area contributed by atoms with E-state index in [2.05, 4.69) is 75.8 Å². The maximum atomic E-state index is 13.6. The molecule has 0 radical (unpaired) electrons. The van der Waals surface area contributed by atoms with Gasteiger partial charge in [0.1, 0.15) is 51.9 Å². The lowest BCUT2D eigenvalue weighted by molar-refractivity contribution is -0.279. The Hall–Kier alpha value is -14.0. The first-order chi connectivity index (χ1) is 69.9. The number of carbonyl (C=O) groups is 14. The first-order valence-electron chi connectivity index (χ1n) is 41.2. The van der Waals surface area contributed by atoms with Gasteiger partial charge in [-0.05, 0) is 48.7 Å². The van der Waals surface area contributed by atoms with Crippen LogP contribution in [-0.4, -0.2) is 289 Å². The summed E-state index contributed by atoms with van der Waals surface area (Å²) in [7, 11) is 6.76. The average Bonchev–Trinajstić information content (AvgIpc) is 1.48. The van der Waals surface area contributed by atoms with Crippen LogP contribution in [0.15, 0.2) is 121 Å². The van der Waals surface area contributed by atoms with Gasteiger partial charge in [0, 0.05) is 0 Å². The van der Waals surface area contributed by atoms with Gasteiger partial charge >= 0.3 is 102 Å². The molecule has 0 saturated carbocycles. The lowest BCUT2D eigenvalue weighted by Crippen LogP contribution is -2.42. The summed E-state index contributed by atoms with van der Waals surface area (Å²) >= 11 is 0. The fourth-order valence-corrected chi connectivity index (χ4v) is 11.7. The molecule has 7 saturated heterocycles. The summed E-state index contributed by atoms with van der Waals surface area (Å²) in [5.41, 5.74) is 1.69. The summed E-state index contributed by atoms with van der Waals surface area (Å²) in [6.07, 6.45) is -38.7. The zero-order chi connectivity index (χ0) is 110. The predicted octanol–water partition coefficient (Wildman–Crippen LogP) is 7.74. The molecule has 7 aliphatic rings. The number of hydrogen-bond donors (Lipinski definition) is 0. The van der Waals surface area contributed by atoms with E-state index in [9.17, 15) is 151 Å². The van der Waals surface area contributed by atoms with Crippen molar-refractivity contribution in [3.05, 3.63) is 191 Å². The van der Waals surface area contributed by atoms with Gasteiger partial charge in [-0.25, -0.2) is 93.5 Å². The highest BCUT2D eigenvalue weighted by Crippen LogP contribution is 2.37. The highest BCUT2D eigenvalue weighted by Gasteiger charge is 2.58. The van der Waals surface area contributed by atoms with Crippen molar-refractivity contribution >= 4 is 83.6 Å². The van der Waals surface area contributed by atoms with Crippen molar-refractivity contribution in [2.75, 3.05) is 83.0 Å². The van der Waals surface area contributed by atoms with E-state index in [1.807, 2.05) is 67.6 Å². The lowest BCUT2D eigenvalue weighted by atomic mass is 10.2. The summed E-state index contributed by atoms with van der Waals surface area (Å²) in [5, 5.41) is 0. The summed E-state index contributed by atoms with van der Waals surface area (Å²) in [5.74, 6) is -43.6. The molecule has 0 aromatic heterocycles. The molecule has 6 aromatic rings. The largest absolute Gasteiger partial charge is 0.467 e. The van der Waals surface area contributed by atoms with Crippen molar-refractivity contribution in [1.29, 1.82) is 0 Å². The van der Waals surface area contributed by atoms with E-state index in [1.54, 1.807) is 67.6 Å². The van der Waals surface area contributed by atoms with Crippen molar-refractivity contribution in [3.63, 3.8) is 0 Å². The Morgan fingerprint density at radius 2 is 0.486 bits per heavy atom. The second-order valence-corrected chi connectivity index (χ2v) is 28.7. The molecule has 42 nitrogen and oxygen atoms in total. The predicted molar refractivity (Wildman–Crippen MR) is 428 cm³/mol. The number of esters is 14. The smallest absolute Gasteiger partial charge is 0.440 e. The Kier molecular flexibility index (Phi) is 46.4. The van der Waals surface area contributed by atoms with E-state index in [-0.39, 0.29) is 26.8 Å². The summed E-state index contributed by atoms with van der Waals surface area (Å²) < 4.78 is 372. The average molecular weight is 2160 g/mol. The Bertz CT molecular complexity index is 5150. The second-order valence-electron chi connectivity index (χ2n) is 28.7. The number of halogens is 19. The Labute approximate surface area is 817 Å². The maximum Gasteiger partial charge on any atom is 0.440 e. The number of hydrogen-bond acceptors (Lipinski definition) is 42. The maximum absolute atomic E-state index is 13.6. The second kappa shape index (κ2) is 56.8. The van der Waals surface area contributed by atoms with Gasteiger partial charge in [-0.2, -0.15) is 57.1 Å². The van der Waals surface area contributed by atoms with Crippen LogP contribution in [0.1, 0.15) is 31.4 Å². The van der Waals surface area contributed by atoms with Crippen LogP contribution in [0, 0.1) is 58.2 Å². The molecule has 812 valence electrons. The minimum absolute atomic E-state index is 0.102. The Balaban J connectivity index is 0.000000238. The molecule has 148 heavy (non-hydrogen) atoms. The third-order valence-corrected chi connectivity index (χ3v) is 18.7. The normalized spacial score (nSPS) is 22.9. The van der Waals surface area contributed by atoms with E-state index in [0.717, 1.165) is 25.3 Å². The molecule has 13 rings (SSSR count). The topological polar surface area (TPSA) is 497 Å². The van der Waals surface area contributed by atoms with E-state index in [1.165, 1.54) is 28.4 Å². The third kappa shape index (κ3) is 34.6. The van der Waals surface area contributed by atoms with Crippen molar-refractivity contribution in [2.45, 2.75) is 156 Å². The van der Waals surface area contributed by atoms with E-state index < -0.39 is 303 Å². The van der Waals surface area contributed by atoms with Gasteiger partial charge < -0.3 is 133 Å². The zero-order valence-corrected chi connectivity index (χ0v) is 76.6. The lowest BCUT2D eigenvalue weighted by Gasteiger charge is -2.16. The molecule has 7 aliphatic heterocycles. The zero-order valence-electron chi connectivity index (χ0n) is 76.6. The summed E-state index contributed by atoms with van der Waals surface area (Å²) in [4.78, 5) is 162. The van der Waals surface area contributed by atoms with Crippen LogP contribution < -0.4 is 18.9 Å². The molecule has 0 amide bonds. The van der Waals surface area contributed by atoms with Gasteiger partial charge in [0.25, 0.3) is 6.29 Å². The summed E-state index contributed by atoms with van der Waals surface area (Å²) in [6, 6.07) is 35.5.